The molecular formula is C25H28N4O5. The number of rotatable bonds is 6. The van der Waals surface area contributed by atoms with Crippen LogP contribution in [0, 0.1) is 0 Å². The van der Waals surface area contributed by atoms with Crippen LogP contribution in [0.4, 0.5) is 5.69 Å². The first-order valence-corrected chi connectivity index (χ1v) is 11.3. The van der Waals surface area contributed by atoms with Gasteiger partial charge in [-0.3, -0.25) is 9.59 Å². The molecule has 178 valence electrons. The van der Waals surface area contributed by atoms with Gasteiger partial charge in [-0.15, -0.1) is 0 Å². The number of carbonyl (C=O) groups is 2. The maximum absolute atomic E-state index is 12.5. The first kappa shape index (κ1) is 23.3. The Morgan fingerprint density at radius 2 is 2.00 bits per heavy atom. The molecule has 1 amide bonds. The minimum absolute atomic E-state index is 0.0177. The molecule has 0 bridgehead atoms. The number of methoxy groups -OCH3 is 1. The van der Waals surface area contributed by atoms with Gasteiger partial charge in [-0.25, -0.2) is 9.67 Å². The van der Waals surface area contributed by atoms with Crippen molar-refractivity contribution in [2.24, 2.45) is 0 Å². The standard InChI is InChI=1S/C24H26N4O3.CH2O2/c1-30-23-9-6-16(10-17(23)13-28-15-25-14-26-28)21-12-24(29)27-22-11-19(7-8-20(21)22)31-18-4-2-3-5-18;2-1-3/h6-11,14-15,18,21H,2-5,12-13H2,1H3,(H,27,29);1H,(H,2,3). The zero-order valence-electron chi connectivity index (χ0n) is 19.0. The van der Waals surface area contributed by atoms with Crippen molar-refractivity contribution in [3.63, 3.8) is 0 Å². The summed E-state index contributed by atoms with van der Waals surface area (Å²) in [6.07, 6.45) is 8.55. The van der Waals surface area contributed by atoms with Crippen LogP contribution < -0.4 is 14.8 Å². The molecule has 2 N–H and O–H groups in total. The van der Waals surface area contributed by atoms with Crippen LogP contribution in [0.5, 0.6) is 11.5 Å². The van der Waals surface area contributed by atoms with Crippen molar-refractivity contribution in [1.82, 2.24) is 14.8 Å². The normalized spacial score (nSPS) is 17.2. The number of nitrogens with one attached hydrogen (secondary N) is 1. The highest BCUT2D eigenvalue weighted by Gasteiger charge is 2.28. The lowest BCUT2D eigenvalue weighted by Crippen LogP contribution is -2.24. The summed E-state index contributed by atoms with van der Waals surface area (Å²) < 4.78 is 13.5. The highest BCUT2D eigenvalue weighted by molar-refractivity contribution is 5.95. The highest BCUT2D eigenvalue weighted by atomic mass is 16.5. The summed E-state index contributed by atoms with van der Waals surface area (Å²) in [4.78, 5) is 24.9. The van der Waals surface area contributed by atoms with Crippen LogP contribution >= 0.6 is 0 Å². The van der Waals surface area contributed by atoms with Gasteiger partial charge >= 0.3 is 0 Å². The average Bonchev–Trinajstić information content (AvgIpc) is 3.53. The van der Waals surface area contributed by atoms with Crippen LogP contribution in [0.25, 0.3) is 0 Å². The van der Waals surface area contributed by atoms with E-state index in [9.17, 15) is 4.79 Å². The molecule has 9 nitrogen and oxygen atoms in total. The summed E-state index contributed by atoms with van der Waals surface area (Å²) in [5, 5.41) is 14.1. The number of nitrogens with zero attached hydrogens (tertiary/aromatic N) is 3. The lowest BCUT2D eigenvalue weighted by Gasteiger charge is -2.27. The van der Waals surface area contributed by atoms with E-state index in [1.54, 1.807) is 18.1 Å². The van der Waals surface area contributed by atoms with Crippen molar-refractivity contribution < 1.29 is 24.2 Å². The molecule has 1 fully saturated rings. The zero-order chi connectivity index (χ0) is 23.9. The molecule has 2 aliphatic rings. The van der Waals surface area contributed by atoms with Gasteiger partial charge in [0.2, 0.25) is 5.91 Å². The van der Waals surface area contributed by atoms with Gasteiger partial charge in [0.25, 0.3) is 6.47 Å². The number of ether oxygens (including phenoxy) is 2. The lowest BCUT2D eigenvalue weighted by molar-refractivity contribution is -0.123. The fourth-order valence-corrected chi connectivity index (χ4v) is 4.64. The summed E-state index contributed by atoms with van der Waals surface area (Å²) in [6, 6.07) is 12.2. The number of aromatic nitrogens is 3. The molecule has 2 aromatic carbocycles. The first-order chi connectivity index (χ1) is 16.6. The van der Waals surface area contributed by atoms with E-state index in [0.717, 1.165) is 46.7 Å². The zero-order valence-corrected chi connectivity index (χ0v) is 19.0. The second-order valence-corrected chi connectivity index (χ2v) is 8.35. The molecule has 1 aliphatic carbocycles. The fourth-order valence-electron chi connectivity index (χ4n) is 4.64. The Hall–Kier alpha value is -3.88. The van der Waals surface area contributed by atoms with E-state index in [0.29, 0.717) is 13.0 Å². The number of carboxylic acid groups (broad SMARTS) is 1. The predicted molar refractivity (Wildman–Crippen MR) is 125 cm³/mol. The molecule has 1 aliphatic heterocycles. The summed E-state index contributed by atoms with van der Waals surface area (Å²) in [7, 11) is 1.66. The molecule has 0 saturated heterocycles. The first-order valence-electron chi connectivity index (χ1n) is 11.3. The van der Waals surface area contributed by atoms with E-state index >= 15 is 0 Å². The van der Waals surface area contributed by atoms with Crippen molar-refractivity contribution >= 4 is 18.1 Å². The molecule has 2 heterocycles. The van der Waals surface area contributed by atoms with Gasteiger partial charge in [0.1, 0.15) is 24.2 Å². The molecule has 34 heavy (non-hydrogen) atoms. The molecule has 0 radical (unpaired) electrons. The molecule has 1 saturated carbocycles. The number of anilines is 1. The number of benzene rings is 2. The number of carbonyl (C=O) groups excluding carboxylic acids is 1. The Bertz CT molecular complexity index is 1130. The van der Waals surface area contributed by atoms with Crippen molar-refractivity contribution in [2.75, 3.05) is 12.4 Å². The smallest absolute Gasteiger partial charge is 0.290 e. The van der Waals surface area contributed by atoms with Crippen LogP contribution in [0.2, 0.25) is 0 Å². The Morgan fingerprint density at radius 3 is 2.71 bits per heavy atom. The molecule has 9 heteroatoms. The molecule has 3 aromatic rings. The Morgan fingerprint density at radius 1 is 1.21 bits per heavy atom. The topological polar surface area (TPSA) is 116 Å². The second-order valence-electron chi connectivity index (χ2n) is 8.35. The minimum atomic E-state index is -0.250. The van der Waals surface area contributed by atoms with Crippen molar-refractivity contribution in [3.8, 4) is 11.5 Å². The Kier molecular flexibility index (Phi) is 7.41. The third kappa shape index (κ3) is 5.36. The van der Waals surface area contributed by atoms with Gasteiger partial charge in [-0.1, -0.05) is 12.1 Å². The summed E-state index contributed by atoms with van der Waals surface area (Å²) in [6.45, 7) is 0.303. The van der Waals surface area contributed by atoms with Crippen molar-refractivity contribution in [1.29, 1.82) is 0 Å². The van der Waals surface area contributed by atoms with E-state index in [4.69, 9.17) is 19.4 Å². The van der Waals surface area contributed by atoms with Crippen LogP contribution in [-0.4, -0.2) is 45.5 Å². The molecule has 5 rings (SSSR count). The van der Waals surface area contributed by atoms with Gasteiger partial charge in [0, 0.05) is 29.7 Å². The third-order valence-electron chi connectivity index (χ3n) is 6.17. The number of amides is 1. The van der Waals surface area contributed by atoms with Crippen LogP contribution in [0.3, 0.4) is 0 Å². The quantitative estimate of drug-likeness (QED) is 0.533. The molecule has 1 aromatic heterocycles. The number of hydrogen-bond donors (Lipinski definition) is 2. The van der Waals surface area contributed by atoms with Gasteiger partial charge in [0.15, 0.2) is 0 Å². The van der Waals surface area contributed by atoms with Gasteiger partial charge in [-0.2, -0.15) is 5.10 Å². The predicted octanol–water partition coefficient (Wildman–Crippen LogP) is 3.83. The number of hydrogen-bond acceptors (Lipinski definition) is 6. The highest BCUT2D eigenvalue weighted by Crippen LogP contribution is 2.40. The van der Waals surface area contributed by atoms with Crippen molar-refractivity contribution in [3.05, 3.63) is 65.7 Å². The average molecular weight is 465 g/mol. The molecule has 1 atom stereocenters. The maximum Gasteiger partial charge on any atom is 0.290 e. The summed E-state index contributed by atoms with van der Waals surface area (Å²) >= 11 is 0. The molecular weight excluding hydrogens is 436 g/mol. The Labute approximate surface area is 197 Å². The van der Waals surface area contributed by atoms with E-state index in [-0.39, 0.29) is 24.4 Å². The van der Waals surface area contributed by atoms with E-state index in [1.165, 1.54) is 19.2 Å². The van der Waals surface area contributed by atoms with Crippen LogP contribution in [-0.2, 0) is 16.1 Å². The van der Waals surface area contributed by atoms with Crippen LogP contribution in [0.1, 0.15) is 54.7 Å². The monoisotopic (exact) mass is 464 g/mol. The van der Waals surface area contributed by atoms with Gasteiger partial charge < -0.3 is 19.9 Å². The molecule has 1 unspecified atom stereocenters. The fraction of sp³-hybridized carbons (Fsp3) is 0.360. The van der Waals surface area contributed by atoms with Crippen molar-refractivity contribution in [2.45, 2.75) is 50.7 Å². The lowest BCUT2D eigenvalue weighted by atomic mass is 9.84. The largest absolute Gasteiger partial charge is 0.496 e. The molecule has 0 spiro atoms. The summed E-state index contributed by atoms with van der Waals surface area (Å²) in [5.41, 5.74) is 4.02. The maximum atomic E-state index is 12.5. The van der Waals surface area contributed by atoms with Gasteiger partial charge in [0.05, 0.1) is 19.8 Å². The SMILES string of the molecule is COc1ccc(C2CC(=O)Nc3cc(OC4CCCC4)ccc32)cc1Cn1cncn1.O=CO. The number of fused-ring (bicyclic) bond motifs is 1. The van der Waals surface area contributed by atoms with Gasteiger partial charge in [-0.05, 0) is 55.0 Å². The summed E-state index contributed by atoms with van der Waals surface area (Å²) in [5.74, 6) is 1.61. The van der Waals surface area contributed by atoms with E-state index in [1.807, 2.05) is 24.3 Å². The van der Waals surface area contributed by atoms with E-state index in [2.05, 4.69) is 27.5 Å². The van der Waals surface area contributed by atoms with Crippen LogP contribution in [0.15, 0.2) is 49.1 Å². The second kappa shape index (κ2) is 10.8. The van der Waals surface area contributed by atoms with E-state index < -0.39 is 0 Å². The third-order valence-corrected chi connectivity index (χ3v) is 6.17. The minimum Gasteiger partial charge on any atom is -0.496 e. The Balaban J connectivity index is 0.000000868.